The van der Waals surface area contributed by atoms with Gasteiger partial charge >= 0.3 is 18.2 Å². The number of esters is 1. The van der Waals surface area contributed by atoms with Crippen LogP contribution in [0, 0.1) is 0 Å². The zero-order valence-corrected chi connectivity index (χ0v) is 21.4. The highest BCUT2D eigenvalue weighted by Crippen LogP contribution is 2.14. The van der Waals surface area contributed by atoms with Gasteiger partial charge in [-0.3, -0.25) is 4.79 Å². The first-order valence-electron chi connectivity index (χ1n) is 12.3. The van der Waals surface area contributed by atoms with E-state index in [-0.39, 0.29) is 32.8 Å². The quantitative estimate of drug-likeness (QED) is 0.117. The summed E-state index contributed by atoms with van der Waals surface area (Å²) in [6, 6.07) is 16.9. The molecule has 2 rings (SSSR count). The standard InChI is InChI=1S/C27H35N3O8/c1-2-36-24(33)27(28,19-31)23(32)22(30-26(35)38-18-21-13-7-4-8-14-21)15-9-10-16-29-25(34)37-17-20-11-5-3-6-12-20/h3-8,11-14,22,31H,2,9-10,15-19,28H2,1H3,(H,29,34)(H,30,35)/t22-,27-/m1/s1. The third kappa shape index (κ3) is 9.83. The number of hydrogen-bond acceptors (Lipinski definition) is 9. The average Bonchev–Trinajstić information content (AvgIpc) is 2.94. The number of hydrogen-bond donors (Lipinski definition) is 4. The smallest absolute Gasteiger partial charge is 0.408 e. The Hall–Kier alpha value is -3.96. The van der Waals surface area contributed by atoms with Gasteiger partial charge < -0.3 is 35.7 Å². The van der Waals surface area contributed by atoms with Gasteiger partial charge in [-0.05, 0) is 37.3 Å². The van der Waals surface area contributed by atoms with Crippen LogP contribution >= 0.6 is 0 Å². The predicted molar refractivity (Wildman–Crippen MR) is 138 cm³/mol. The van der Waals surface area contributed by atoms with E-state index < -0.39 is 42.1 Å². The summed E-state index contributed by atoms with van der Waals surface area (Å²) in [7, 11) is 0. The van der Waals surface area contributed by atoms with Crippen molar-refractivity contribution < 1.29 is 38.5 Å². The Bertz CT molecular complexity index is 1040. The minimum atomic E-state index is -2.35. The molecule has 0 unspecified atom stereocenters. The van der Waals surface area contributed by atoms with Gasteiger partial charge in [0.1, 0.15) is 13.2 Å². The van der Waals surface area contributed by atoms with Crippen molar-refractivity contribution in [1.82, 2.24) is 10.6 Å². The molecule has 2 aromatic carbocycles. The topological polar surface area (TPSA) is 166 Å². The number of alkyl carbamates (subject to hydrolysis) is 2. The summed E-state index contributed by atoms with van der Waals surface area (Å²) in [5.41, 5.74) is 5.16. The van der Waals surface area contributed by atoms with Gasteiger partial charge in [-0.15, -0.1) is 0 Å². The number of carbonyl (C=O) groups excluding carboxylic acids is 4. The highest BCUT2D eigenvalue weighted by molar-refractivity contribution is 6.11. The second-order valence-electron chi connectivity index (χ2n) is 8.46. The predicted octanol–water partition coefficient (Wildman–Crippen LogP) is 2.20. The summed E-state index contributed by atoms with van der Waals surface area (Å²) >= 11 is 0. The number of rotatable bonds is 15. The van der Waals surface area contributed by atoms with Gasteiger partial charge in [-0.1, -0.05) is 60.7 Å². The van der Waals surface area contributed by atoms with E-state index in [1.165, 1.54) is 6.92 Å². The monoisotopic (exact) mass is 529 g/mol. The lowest BCUT2D eigenvalue weighted by molar-refractivity contribution is -0.156. The first-order chi connectivity index (χ1) is 18.3. The fourth-order valence-electron chi connectivity index (χ4n) is 3.43. The number of ether oxygens (including phenoxy) is 3. The lowest BCUT2D eigenvalue weighted by atomic mass is 9.88. The molecule has 0 radical (unpaired) electrons. The summed E-state index contributed by atoms with van der Waals surface area (Å²) in [4.78, 5) is 49.8. The molecule has 0 aliphatic rings. The zero-order valence-electron chi connectivity index (χ0n) is 21.4. The summed E-state index contributed by atoms with van der Waals surface area (Å²) in [6.07, 6.45) is -0.621. The van der Waals surface area contributed by atoms with E-state index in [4.69, 9.17) is 19.9 Å². The fourth-order valence-corrected chi connectivity index (χ4v) is 3.43. The van der Waals surface area contributed by atoms with Crippen molar-refractivity contribution in [3.05, 3.63) is 71.8 Å². The van der Waals surface area contributed by atoms with E-state index in [1.54, 1.807) is 24.3 Å². The molecule has 0 saturated heterocycles. The van der Waals surface area contributed by atoms with Gasteiger partial charge in [-0.2, -0.15) is 0 Å². The number of Topliss-reactive ketones (excluding diaryl/α,β-unsaturated/α-hetero) is 1. The molecule has 0 bridgehead atoms. The minimum Gasteiger partial charge on any atom is -0.464 e. The Kier molecular flexibility index (Phi) is 12.7. The number of amides is 2. The van der Waals surface area contributed by atoms with Crippen LogP contribution in [0.4, 0.5) is 9.59 Å². The van der Waals surface area contributed by atoms with Crippen LogP contribution in [-0.2, 0) is 37.0 Å². The van der Waals surface area contributed by atoms with Gasteiger partial charge in [0.15, 0.2) is 11.3 Å². The van der Waals surface area contributed by atoms with Crippen LogP contribution in [0.1, 0.15) is 37.3 Å². The SMILES string of the molecule is CCOC(=O)[C@@](N)(CO)C(=O)[C@@H](CCCCNC(=O)OCc1ccccc1)NC(=O)OCc1ccccc1. The molecule has 2 amide bonds. The number of aliphatic hydroxyl groups excluding tert-OH is 1. The van der Waals surface area contributed by atoms with Crippen molar-refractivity contribution in [2.24, 2.45) is 5.73 Å². The molecule has 0 aliphatic carbocycles. The molecule has 5 N–H and O–H groups in total. The summed E-state index contributed by atoms with van der Waals surface area (Å²) in [5.74, 6) is -2.01. The van der Waals surface area contributed by atoms with Crippen molar-refractivity contribution in [2.45, 2.75) is 51.0 Å². The van der Waals surface area contributed by atoms with Gasteiger partial charge in [0.2, 0.25) is 0 Å². The van der Waals surface area contributed by atoms with Gasteiger partial charge in [0.05, 0.1) is 19.3 Å². The van der Waals surface area contributed by atoms with Gasteiger partial charge in [0.25, 0.3) is 0 Å². The van der Waals surface area contributed by atoms with E-state index in [0.29, 0.717) is 12.8 Å². The molecule has 11 nitrogen and oxygen atoms in total. The highest BCUT2D eigenvalue weighted by atomic mass is 16.6. The number of nitrogens with one attached hydrogen (secondary N) is 2. The van der Waals surface area contributed by atoms with Crippen LogP contribution in [-0.4, -0.2) is 60.4 Å². The zero-order chi connectivity index (χ0) is 27.8. The summed E-state index contributed by atoms with van der Waals surface area (Å²) in [5, 5.41) is 14.8. The highest BCUT2D eigenvalue weighted by Gasteiger charge is 2.46. The van der Waals surface area contributed by atoms with Crippen molar-refractivity contribution in [1.29, 1.82) is 0 Å². The molecular weight excluding hydrogens is 494 g/mol. The maximum atomic E-state index is 13.2. The van der Waals surface area contributed by atoms with Crippen LogP contribution < -0.4 is 16.4 Å². The number of unbranched alkanes of at least 4 members (excludes halogenated alkanes) is 1. The average molecular weight is 530 g/mol. The number of carbonyl (C=O) groups is 4. The largest absolute Gasteiger partial charge is 0.464 e. The molecule has 0 aromatic heterocycles. The Morgan fingerprint density at radius 2 is 1.42 bits per heavy atom. The van der Waals surface area contributed by atoms with E-state index in [9.17, 15) is 24.3 Å². The van der Waals surface area contributed by atoms with E-state index in [2.05, 4.69) is 10.6 Å². The van der Waals surface area contributed by atoms with Crippen LogP contribution in [0.25, 0.3) is 0 Å². The van der Waals surface area contributed by atoms with Gasteiger partial charge in [-0.25, -0.2) is 14.4 Å². The number of benzene rings is 2. The molecule has 11 heteroatoms. The molecular formula is C27H35N3O8. The fraction of sp³-hybridized carbons (Fsp3) is 0.407. The van der Waals surface area contributed by atoms with Crippen LogP contribution in [0.15, 0.2) is 60.7 Å². The van der Waals surface area contributed by atoms with E-state index >= 15 is 0 Å². The van der Waals surface area contributed by atoms with Crippen molar-refractivity contribution in [2.75, 3.05) is 19.8 Å². The molecule has 2 aromatic rings. The Morgan fingerprint density at radius 3 is 1.95 bits per heavy atom. The van der Waals surface area contributed by atoms with E-state index in [1.807, 2.05) is 36.4 Å². The third-order valence-corrected chi connectivity index (χ3v) is 5.55. The van der Waals surface area contributed by atoms with Crippen LogP contribution in [0.3, 0.4) is 0 Å². The van der Waals surface area contributed by atoms with Gasteiger partial charge in [0, 0.05) is 6.54 Å². The molecule has 2 atom stereocenters. The molecule has 0 saturated carbocycles. The second kappa shape index (κ2) is 16.0. The normalized spacial score (nSPS) is 12.9. The minimum absolute atomic E-state index is 0.0335. The first-order valence-corrected chi connectivity index (χ1v) is 12.3. The molecule has 0 heterocycles. The van der Waals surface area contributed by atoms with Crippen molar-refractivity contribution in [3.8, 4) is 0 Å². The van der Waals surface area contributed by atoms with Crippen molar-refractivity contribution in [3.63, 3.8) is 0 Å². The molecule has 206 valence electrons. The molecule has 0 spiro atoms. The first kappa shape index (κ1) is 30.3. The maximum absolute atomic E-state index is 13.2. The van der Waals surface area contributed by atoms with Crippen molar-refractivity contribution >= 4 is 23.9 Å². The molecule has 38 heavy (non-hydrogen) atoms. The van der Waals surface area contributed by atoms with E-state index in [0.717, 1.165) is 11.1 Å². The number of ketones is 1. The Balaban J connectivity index is 1.91. The molecule has 0 aliphatic heterocycles. The summed E-state index contributed by atoms with van der Waals surface area (Å²) in [6.45, 7) is 0.832. The Labute approximate surface area is 221 Å². The Morgan fingerprint density at radius 1 is 0.868 bits per heavy atom. The third-order valence-electron chi connectivity index (χ3n) is 5.55. The number of aliphatic hydroxyl groups is 1. The second-order valence-corrected chi connectivity index (χ2v) is 8.46. The summed E-state index contributed by atoms with van der Waals surface area (Å²) < 4.78 is 15.2. The number of nitrogens with two attached hydrogens (primary N) is 1. The van der Waals surface area contributed by atoms with Crippen LogP contribution in [0.5, 0.6) is 0 Å². The molecule has 0 fully saturated rings. The van der Waals surface area contributed by atoms with Crippen LogP contribution in [0.2, 0.25) is 0 Å². The maximum Gasteiger partial charge on any atom is 0.408 e. The lowest BCUT2D eigenvalue weighted by Gasteiger charge is -2.28. The lowest BCUT2D eigenvalue weighted by Crippen LogP contribution is -2.64.